The Morgan fingerprint density at radius 2 is 0.960 bits per heavy atom. The van der Waals surface area contributed by atoms with Crippen molar-refractivity contribution in [3.05, 3.63) is 47.5 Å². The summed E-state index contributed by atoms with van der Waals surface area (Å²) < 4.78 is 11.3. The highest BCUT2D eigenvalue weighted by Crippen LogP contribution is 2.42. The molecular formula is C38H58N4O6S2. The summed E-state index contributed by atoms with van der Waals surface area (Å²) in [6.07, 6.45) is 1.33. The molecule has 0 aliphatic rings. The summed E-state index contributed by atoms with van der Waals surface area (Å²) in [5.74, 6) is -2.09. The van der Waals surface area contributed by atoms with Crippen LogP contribution in [0.5, 0.6) is 0 Å². The van der Waals surface area contributed by atoms with Gasteiger partial charge in [0.05, 0.1) is 11.1 Å². The molecule has 278 valence electrons. The van der Waals surface area contributed by atoms with Crippen LogP contribution in [0.4, 0.5) is 11.4 Å². The van der Waals surface area contributed by atoms with Crippen LogP contribution in [-0.2, 0) is 19.1 Å². The van der Waals surface area contributed by atoms with Crippen molar-refractivity contribution in [3.8, 4) is 0 Å². The number of hydrogen-bond acceptors (Lipinski definition) is 10. The number of hydrogen-bond donors (Lipinski definition) is 4. The van der Waals surface area contributed by atoms with Gasteiger partial charge in [0.2, 0.25) is 0 Å². The van der Waals surface area contributed by atoms with Gasteiger partial charge in [-0.2, -0.15) is 0 Å². The highest BCUT2D eigenvalue weighted by Gasteiger charge is 2.33. The monoisotopic (exact) mass is 730 g/mol. The van der Waals surface area contributed by atoms with Gasteiger partial charge in [0, 0.05) is 34.3 Å². The first-order valence-electron chi connectivity index (χ1n) is 17.5. The number of carbonyl (C=O) groups excluding carboxylic acids is 4. The maximum Gasteiger partial charge on any atom is 0.329 e. The molecular weight excluding hydrogens is 673 g/mol. The quantitative estimate of drug-likeness (QED) is 0.0930. The maximum atomic E-state index is 13.9. The van der Waals surface area contributed by atoms with Gasteiger partial charge in [0.1, 0.15) is 23.3 Å². The van der Waals surface area contributed by atoms with Crippen molar-refractivity contribution in [1.29, 1.82) is 0 Å². The number of nitrogens with one attached hydrogen (secondary N) is 4. The number of benzene rings is 2. The fourth-order valence-electron chi connectivity index (χ4n) is 4.79. The number of esters is 2. The van der Waals surface area contributed by atoms with Gasteiger partial charge in [-0.3, -0.25) is 9.59 Å². The van der Waals surface area contributed by atoms with E-state index in [9.17, 15) is 19.2 Å². The summed E-state index contributed by atoms with van der Waals surface area (Å²) in [5.41, 5.74) is 0.883. The van der Waals surface area contributed by atoms with Crippen LogP contribution in [0.3, 0.4) is 0 Å². The zero-order chi connectivity index (χ0) is 37.8. The number of anilines is 2. The number of carbonyl (C=O) groups is 4. The van der Waals surface area contributed by atoms with E-state index in [1.165, 1.54) is 21.6 Å². The molecule has 0 aliphatic heterocycles. The molecule has 2 rings (SSSR count). The summed E-state index contributed by atoms with van der Waals surface area (Å²) in [7, 11) is 2.66. The van der Waals surface area contributed by atoms with E-state index in [0.29, 0.717) is 46.8 Å². The first kappa shape index (κ1) is 42.8. The molecule has 0 spiro atoms. The van der Waals surface area contributed by atoms with Gasteiger partial charge in [-0.15, -0.1) is 0 Å². The van der Waals surface area contributed by atoms with Crippen molar-refractivity contribution >= 4 is 56.7 Å². The van der Waals surface area contributed by atoms with Gasteiger partial charge in [-0.25, -0.2) is 9.59 Å². The Kier molecular flexibility index (Phi) is 16.5. The van der Waals surface area contributed by atoms with Crippen LogP contribution >= 0.6 is 21.6 Å². The van der Waals surface area contributed by atoms with Crippen molar-refractivity contribution in [3.63, 3.8) is 0 Å². The largest absolute Gasteiger partial charge is 0.458 e. The molecule has 0 radical (unpaired) electrons. The molecule has 0 heterocycles. The summed E-state index contributed by atoms with van der Waals surface area (Å²) in [4.78, 5) is 55.5. The molecule has 12 heteroatoms. The Morgan fingerprint density at radius 1 is 0.620 bits per heavy atom. The average Bonchev–Trinajstić information content (AvgIpc) is 3.03. The van der Waals surface area contributed by atoms with Gasteiger partial charge >= 0.3 is 11.9 Å². The predicted molar refractivity (Wildman–Crippen MR) is 206 cm³/mol. The molecule has 2 aromatic rings. The smallest absolute Gasteiger partial charge is 0.329 e. The van der Waals surface area contributed by atoms with Crippen LogP contribution in [0, 0.1) is 11.8 Å². The third kappa shape index (κ3) is 13.4. The highest BCUT2D eigenvalue weighted by atomic mass is 33.1. The zero-order valence-electron chi connectivity index (χ0n) is 31.9. The van der Waals surface area contributed by atoms with Gasteiger partial charge in [0.15, 0.2) is 0 Å². The van der Waals surface area contributed by atoms with Crippen molar-refractivity contribution in [2.45, 2.75) is 129 Å². The third-order valence-corrected chi connectivity index (χ3v) is 10.2. The number of rotatable bonds is 17. The molecule has 0 fully saturated rings. The molecule has 0 bridgehead atoms. The van der Waals surface area contributed by atoms with Crippen molar-refractivity contribution < 1.29 is 28.7 Å². The minimum Gasteiger partial charge on any atom is -0.458 e. The molecule has 0 aromatic heterocycles. The van der Waals surface area contributed by atoms with Crippen LogP contribution in [0.1, 0.15) is 117 Å². The van der Waals surface area contributed by atoms with E-state index < -0.39 is 47.0 Å². The summed E-state index contributed by atoms with van der Waals surface area (Å²) >= 11 is 0. The lowest BCUT2D eigenvalue weighted by Crippen LogP contribution is -2.48. The van der Waals surface area contributed by atoms with Crippen LogP contribution < -0.4 is 21.3 Å². The molecule has 2 aromatic carbocycles. The maximum absolute atomic E-state index is 13.9. The Morgan fingerprint density at radius 3 is 1.24 bits per heavy atom. The van der Waals surface area contributed by atoms with E-state index >= 15 is 0 Å². The number of amides is 2. The van der Waals surface area contributed by atoms with Crippen LogP contribution in [-0.4, -0.2) is 60.1 Å². The van der Waals surface area contributed by atoms with E-state index in [1.54, 1.807) is 53.7 Å². The average molecular weight is 731 g/mol. The molecule has 2 amide bonds. The molecule has 0 aliphatic carbocycles. The third-order valence-electron chi connectivity index (χ3n) is 7.75. The van der Waals surface area contributed by atoms with E-state index in [4.69, 9.17) is 9.47 Å². The fraction of sp³-hybridized carbons (Fsp3) is 0.579. The predicted octanol–water partition coefficient (Wildman–Crippen LogP) is 8.32. The first-order valence-corrected chi connectivity index (χ1v) is 19.7. The lowest BCUT2D eigenvalue weighted by molar-refractivity contribution is -0.159. The van der Waals surface area contributed by atoms with E-state index in [1.807, 2.05) is 65.8 Å². The lowest BCUT2D eigenvalue weighted by Gasteiger charge is -2.28. The van der Waals surface area contributed by atoms with E-state index in [-0.39, 0.29) is 11.8 Å². The number of ether oxygens (including phenoxy) is 2. The fourth-order valence-corrected chi connectivity index (χ4v) is 7.11. The van der Waals surface area contributed by atoms with Crippen LogP contribution in [0.15, 0.2) is 46.2 Å². The standard InChI is InChI=1S/C38H58N4O6S2/c1-13-23(5)31(35(45)47-37(7,8)9)41-33(43)27-21-25(39-15-3)17-19-29(27)49-50-30-20-18-26(40-16-4)22-28(30)34(44)42-32(24(6)14-2)36(46)48-38(10,11)12/h17-24,31-32,39-40H,13-16H2,1-12H3,(H,41,43)(H,42,44)/t23?,24?,31-,32+. The highest BCUT2D eigenvalue weighted by molar-refractivity contribution is 8.76. The lowest BCUT2D eigenvalue weighted by atomic mass is 9.98. The summed E-state index contributed by atoms with van der Waals surface area (Å²) in [6.45, 7) is 23.8. The Labute approximate surface area is 307 Å². The van der Waals surface area contributed by atoms with Crippen LogP contribution in [0.25, 0.3) is 0 Å². The molecule has 4 atom stereocenters. The molecule has 0 saturated heterocycles. The van der Waals surface area contributed by atoms with Gasteiger partial charge < -0.3 is 30.7 Å². The Balaban J connectivity index is 2.49. The van der Waals surface area contributed by atoms with E-state index in [2.05, 4.69) is 21.3 Å². The summed E-state index contributed by atoms with van der Waals surface area (Å²) in [5, 5.41) is 12.4. The second-order valence-corrected chi connectivity index (χ2v) is 16.6. The van der Waals surface area contributed by atoms with Crippen LogP contribution in [0.2, 0.25) is 0 Å². The first-order chi connectivity index (χ1) is 23.3. The second-order valence-electron chi connectivity index (χ2n) is 14.4. The van der Waals surface area contributed by atoms with Crippen molar-refractivity contribution in [2.75, 3.05) is 23.7 Å². The second kappa shape index (κ2) is 19.3. The zero-order valence-corrected chi connectivity index (χ0v) is 33.5. The minimum atomic E-state index is -0.836. The molecule has 0 saturated carbocycles. The van der Waals surface area contributed by atoms with Gasteiger partial charge in [0.25, 0.3) is 11.8 Å². The van der Waals surface area contributed by atoms with Gasteiger partial charge in [-0.1, -0.05) is 62.1 Å². The molecule has 50 heavy (non-hydrogen) atoms. The SMILES string of the molecule is CCNc1ccc(SSc2ccc(NCC)cc2C(=O)N[C@@H](C(=O)OC(C)(C)C)C(C)CC)c(C(=O)N[C@H](C(=O)OC(C)(C)C)C(C)CC)c1. The van der Waals surface area contributed by atoms with E-state index in [0.717, 1.165) is 11.4 Å². The molecule has 4 N–H and O–H groups in total. The van der Waals surface area contributed by atoms with Crippen molar-refractivity contribution in [1.82, 2.24) is 10.6 Å². The Hall–Kier alpha value is -3.38. The normalized spacial score (nSPS) is 14.1. The molecule has 2 unspecified atom stereocenters. The summed E-state index contributed by atoms with van der Waals surface area (Å²) in [6, 6.07) is 9.35. The Bertz CT molecular complexity index is 1360. The van der Waals surface area contributed by atoms with Gasteiger partial charge in [-0.05, 0) is 104 Å². The minimum absolute atomic E-state index is 0.160. The topological polar surface area (TPSA) is 135 Å². The van der Waals surface area contributed by atoms with Crippen molar-refractivity contribution in [2.24, 2.45) is 11.8 Å². The molecule has 10 nitrogen and oxygen atoms in total.